The third-order valence-electron chi connectivity index (χ3n) is 3.68. The molecule has 0 aliphatic carbocycles. The molecule has 0 radical (unpaired) electrons. The van der Waals surface area contributed by atoms with Gasteiger partial charge in [0, 0.05) is 35.3 Å². The molecule has 24 heavy (non-hydrogen) atoms. The van der Waals surface area contributed by atoms with E-state index in [4.69, 9.17) is 0 Å². The Hall–Kier alpha value is -3.54. The number of hydrogen-bond donors (Lipinski definition) is 2. The van der Waals surface area contributed by atoms with Gasteiger partial charge in [-0.15, -0.1) is 0 Å². The van der Waals surface area contributed by atoms with Crippen LogP contribution < -0.4 is 5.32 Å². The summed E-state index contributed by atoms with van der Waals surface area (Å²) in [7, 11) is 0. The summed E-state index contributed by atoms with van der Waals surface area (Å²) in [4.78, 5) is 20.8. The van der Waals surface area contributed by atoms with Gasteiger partial charge in [0.05, 0.1) is 5.39 Å². The van der Waals surface area contributed by atoms with E-state index >= 15 is 0 Å². The molecule has 0 aliphatic rings. The number of amides is 1. The van der Waals surface area contributed by atoms with Crippen LogP contribution >= 0.6 is 0 Å². The van der Waals surface area contributed by atoms with Crippen LogP contribution in [-0.2, 0) is 0 Å². The van der Waals surface area contributed by atoms with Gasteiger partial charge in [0.25, 0.3) is 5.91 Å². The highest BCUT2D eigenvalue weighted by molar-refractivity contribution is 6.07. The Bertz CT molecular complexity index is 996. The molecule has 6 nitrogen and oxygen atoms in total. The summed E-state index contributed by atoms with van der Waals surface area (Å²) in [5.41, 5.74) is 2.99. The van der Waals surface area contributed by atoms with Crippen LogP contribution in [-0.4, -0.2) is 26.1 Å². The number of nitrogens with zero attached hydrogens (tertiary/aromatic N) is 3. The first-order valence-corrected chi connectivity index (χ1v) is 7.42. The predicted molar refractivity (Wildman–Crippen MR) is 91.5 cm³/mol. The van der Waals surface area contributed by atoms with Gasteiger partial charge in [-0.25, -0.2) is 4.98 Å². The van der Waals surface area contributed by atoms with Crippen LogP contribution in [0.1, 0.15) is 10.4 Å². The molecule has 0 saturated carbocycles. The molecule has 0 aliphatic heterocycles. The Balaban J connectivity index is 1.70. The van der Waals surface area contributed by atoms with Crippen LogP contribution in [0.2, 0.25) is 0 Å². The van der Waals surface area contributed by atoms with Crippen molar-refractivity contribution in [1.29, 1.82) is 0 Å². The maximum atomic E-state index is 12.3. The number of carbonyl (C=O) groups is 1. The smallest absolute Gasteiger partial charge is 0.256 e. The fourth-order valence-electron chi connectivity index (χ4n) is 2.46. The van der Waals surface area contributed by atoms with Crippen molar-refractivity contribution >= 4 is 22.8 Å². The molecule has 0 atom stereocenters. The van der Waals surface area contributed by atoms with Gasteiger partial charge in [0.2, 0.25) is 0 Å². The number of fused-ring (bicyclic) bond motifs is 1. The molecule has 0 saturated heterocycles. The topological polar surface area (TPSA) is 83.6 Å². The highest BCUT2D eigenvalue weighted by Crippen LogP contribution is 2.25. The lowest BCUT2D eigenvalue weighted by atomic mass is 10.1. The van der Waals surface area contributed by atoms with Crippen molar-refractivity contribution in [2.75, 3.05) is 5.32 Å². The lowest BCUT2D eigenvalue weighted by Crippen LogP contribution is -2.12. The van der Waals surface area contributed by atoms with Gasteiger partial charge in [-0.05, 0) is 24.3 Å². The molecule has 3 heterocycles. The van der Waals surface area contributed by atoms with Gasteiger partial charge in [-0.1, -0.05) is 24.3 Å². The van der Waals surface area contributed by atoms with Gasteiger partial charge >= 0.3 is 0 Å². The summed E-state index contributed by atoms with van der Waals surface area (Å²) in [6.07, 6.45) is 5.23. The van der Waals surface area contributed by atoms with Gasteiger partial charge < -0.3 is 5.32 Å². The van der Waals surface area contributed by atoms with Crippen LogP contribution in [0.3, 0.4) is 0 Å². The van der Waals surface area contributed by atoms with E-state index in [-0.39, 0.29) is 5.91 Å². The Morgan fingerprint density at radius 3 is 2.67 bits per heavy atom. The standard InChI is InChI=1S/C18H13N5O/c24-18(12-5-2-1-3-6-12)21-17-15-9-14(11-20-16(15)22-23-17)13-7-4-8-19-10-13/h1-11H,(H2,20,21,22,23,24). The monoisotopic (exact) mass is 315 g/mol. The van der Waals surface area contributed by atoms with Crippen molar-refractivity contribution in [3.63, 3.8) is 0 Å². The number of pyridine rings is 2. The van der Waals surface area contributed by atoms with E-state index in [9.17, 15) is 4.79 Å². The van der Waals surface area contributed by atoms with E-state index in [0.717, 1.165) is 16.5 Å². The summed E-state index contributed by atoms with van der Waals surface area (Å²) in [6.45, 7) is 0. The van der Waals surface area contributed by atoms with E-state index in [2.05, 4.69) is 25.5 Å². The zero-order valence-electron chi connectivity index (χ0n) is 12.6. The van der Waals surface area contributed by atoms with Crippen LogP contribution in [0.15, 0.2) is 67.1 Å². The molecule has 1 aromatic carbocycles. The number of rotatable bonds is 3. The van der Waals surface area contributed by atoms with Crippen molar-refractivity contribution in [2.45, 2.75) is 0 Å². The summed E-state index contributed by atoms with van der Waals surface area (Å²) < 4.78 is 0. The average molecular weight is 315 g/mol. The van der Waals surface area contributed by atoms with Gasteiger partial charge in [0.15, 0.2) is 5.65 Å². The van der Waals surface area contributed by atoms with Crippen molar-refractivity contribution in [1.82, 2.24) is 20.2 Å². The lowest BCUT2D eigenvalue weighted by Gasteiger charge is -2.04. The average Bonchev–Trinajstić information content (AvgIpc) is 3.05. The maximum absolute atomic E-state index is 12.3. The molecule has 0 bridgehead atoms. The Morgan fingerprint density at radius 1 is 1.00 bits per heavy atom. The number of hydrogen-bond acceptors (Lipinski definition) is 4. The SMILES string of the molecule is O=C(Nc1[nH]nc2ncc(-c3cccnc3)cc12)c1ccccc1. The fraction of sp³-hybridized carbons (Fsp3) is 0. The lowest BCUT2D eigenvalue weighted by molar-refractivity contribution is 0.102. The molecule has 116 valence electrons. The summed E-state index contributed by atoms with van der Waals surface area (Å²) in [6, 6.07) is 14.8. The number of nitrogens with one attached hydrogen (secondary N) is 2. The minimum atomic E-state index is -0.201. The van der Waals surface area contributed by atoms with E-state index in [0.29, 0.717) is 17.0 Å². The molecule has 4 rings (SSSR count). The largest absolute Gasteiger partial charge is 0.306 e. The fourth-order valence-corrected chi connectivity index (χ4v) is 2.46. The Labute approximate surface area is 137 Å². The van der Waals surface area contributed by atoms with Crippen molar-refractivity contribution in [3.05, 3.63) is 72.7 Å². The molecule has 0 fully saturated rings. The first-order valence-electron chi connectivity index (χ1n) is 7.42. The van der Waals surface area contributed by atoms with E-state index in [1.54, 1.807) is 30.7 Å². The van der Waals surface area contributed by atoms with Crippen LogP contribution in [0.25, 0.3) is 22.2 Å². The summed E-state index contributed by atoms with van der Waals surface area (Å²) in [5.74, 6) is 0.324. The second-order valence-corrected chi connectivity index (χ2v) is 5.26. The summed E-state index contributed by atoms with van der Waals surface area (Å²) in [5, 5.41) is 10.6. The third-order valence-corrected chi connectivity index (χ3v) is 3.68. The second-order valence-electron chi connectivity index (χ2n) is 5.26. The van der Waals surface area contributed by atoms with E-state index in [1.807, 2.05) is 36.4 Å². The van der Waals surface area contributed by atoms with Gasteiger partial charge in [0.1, 0.15) is 5.82 Å². The first-order chi connectivity index (χ1) is 11.8. The molecule has 4 aromatic rings. The molecule has 6 heteroatoms. The Kier molecular flexibility index (Phi) is 3.47. The Morgan fingerprint density at radius 2 is 1.88 bits per heavy atom. The predicted octanol–water partition coefficient (Wildman–Crippen LogP) is 3.27. The van der Waals surface area contributed by atoms with Gasteiger partial charge in [-0.2, -0.15) is 5.10 Å². The molecular weight excluding hydrogens is 302 g/mol. The van der Waals surface area contributed by atoms with Crippen LogP contribution in [0.5, 0.6) is 0 Å². The molecular formula is C18H13N5O. The van der Waals surface area contributed by atoms with E-state index in [1.165, 1.54) is 0 Å². The van der Waals surface area contributed by atoms with E-state index < -0.39 is 0 Å². The minimum absolute atomic E-state index is 0.201. The van der Waals surface area contributed by atoms with Gasteiger partial charge in [-0.3, -0.25) is 14.9 Å². The summed E-state index contributed by atoms with van der Waals surface area (Å²) >= 11 is 0. The molecule has 1 amide bonds. The number of aromatic amines is 1. The van der Waals surface area contributed by atoms with Crippen molar-refractivity contribution in [3.8, 4) is 11.1 Å². The van der Waals surface area contributed by atoms with Crippen molar-refractivity contribution < 1.29 is 4.79 Å². The number of H-pyrrole nitrogens is 1. The first kappa shape index (κ1) is 14.1. The number of benzene rings is 1. The normalized spacial score (nSPS) is 10.7. The molecule has 3 aromatic heterocycles. The molecule has 0 unspecified atom stereocenters. The minimum Gasteiger partial charge on any atom is -0.306 e. The second kappa shape index (κ2) is 5.92. The quantitative estimate of drug-likeness (QED) is 0.608. The van der Waals surface area contributed by atoms with Crippen LogP contribution in [0.4, 0.5) is 5.82 Å². The highest BCUT2D eigenvalue weighted by atomic mass is 16.1. The van der Waals surface area contributed by atoms with Crippen LogP contribution in [0, 0.1) is 0 Å². The zero-order valence-corrected chi connectivity index (χ0v) is 12.6. The molecule has 2 N–H and O–H groups in total. The maximum Gasteiger partial charge on any atom is 0.256 e. The number of aromatic nitrogens is 4. The number of anilines is 1. The zero-order chi connectivity index (χ0) is 16.4. The third kappa shape index (κ3) is 2.61. The van der Waals surface area contributed by atoms with Crippen molar-refractivity contribution in [2.24, 2.45) is 0 Å². The number of carbonyl (C=O) groups excluding carboxylic acids is 1. The highest BCUT2D eigenvalue weighted by Gasteiger charge is 2.12. The molecule has 0 spiro atoms.